The monoisotopic (exact) mass is 448 g/mol. The Hall–Kier alpha value is -3.44. The average Bonchev–Trinajstić information content (AvgIpc) is 2.79. The van der Waals surface area contributed by atoms with Crippen molar-refractivity contribution in [3.05, 3.63) is 106 Å². The zero-order valence-electron chi connectivity index (χ0n) is 17.6. The maximum atomic E-state index is 13.2. The Morgan fingerprint density at radius 3 is 2.44 bits per heavy atom. The number of hydrogen-bond donors (Lipinski definition) is 1. The molecule has 1 heterocycles. The van der Waals surface area contributed by atoms with Crippen LogP contribution >= 0.6 is 11.6 Å². The normalized spacial score (nSPS) is 13.0. The molecule has 0 bridgehead atoms. The molecule has 1 N–H and O–H groups in total. The molecular formula is C26H22ClFN2O2. The van der Waals surface area contributed by atoms with Crippen LogP contribution in [-0.2, 0) is 22.6 Å². The minimum absolute atomic E-state index is 0.120. The van der Waals surface area contributed by atoms with Crippen molar-refractivity contribution in [1.29, 1.82) is 0 Å². The fourth-order valence-corrected chi connectivity index (χ4v) is 4.13. The Morgan fingerprint density at radius 2 is 1.72 bits per heavy atom. The quantitative estimate of drug-likeness (QED) is 0.560. The van der Waals surface area contributed by atoms with E-state index in [2.05, 4.69) is 5.32 Å². The third-order valence-corrected chi connectivity index (χ3v) is 5.93. The van der Waals surface area contributed by atoms with Gasteiger partial charge in [-0.25, -0.2) is 4.39 Å². The number of benzene rings is 3. The second-order valence-electron chi connectivity index (χ2n) is 7.65. The van der Waals surface area contributed by atoms with Crippen molar-refractivity contribution >= 4 is 34.7 Å². The second kappa shape index (κ2) is 9.37. The molecule has 0 radical (unpaired) electrons. The summed E-state index contributed by atoms with van der Waals surface area (Å²) in [7, 11) is 0. The van der Waals surface area contributed by atoms with E-state index in [9.17, 15) is 14.0 Å². The molecule has 0 saturated heterocycles. The number of fused-ring (bicyclic) bond motifs is 1. The van der Waals surface area contributed by atoms with Gasteiger partial charge in [-0.1, -0.05) is 54.1 Å². The number of nitrogens with one attached hydrogen (secondary N) is 1. The van der Waals surface area contributed by atoms with Gasteiger partial charge in [0.25, 0.3) is 5.91 Å². The molecule has 6 heteroatoms. The molecule has 4 nitrogen and oxygen atoms in total. The number of rotatable bonds is 5. The zero-order valence-corrected chi connectivity index (χ0v) is 18.3. The fourth-order valence-electron chi connectivity index (χ4n) is 3.90. The summed E-state index contributed by atoms with van der Waals surface area (Å²) in [6, 6.07) is 21.2. The molecule has 0 unspecified atom stereocenters. The maximum Gasteiger partial charge on any atom is 0.260 e. The lowest BCUT2D eigenvalue weighted by Crippen LogP contribution is -2.36. The van der Waals surface area contributed by atoms with Crippen molar-refractivity contribution in [2.24, 2.45) is 0 Å². The summed E-state index contributed by atoms with van der Waals surface area (Å²) in [6.45, 7) is 2.40. The number of carbonyl (C=O) groups excluding carboxylic acids is 2. The molecule has 0 atom stereocenters. The summed E-state index contributed by atoms with van der Waals surface area (Å²) in [5, 5.41) is 3.09. The molecule has 0 aliphatic carbocycles. The SMILES string of the molecule is CC1=C(C(=O)NC(=O)CCc2ccc(F)cc2)c2cccc(Cl)c2CN1c1ccccc1. The van der Waals surface area contributed by atoms with Crippen molar-refractivity contribution < 1.29 is 14.0 Å². The zero-order chi connectivity index (χ0) is 22.7. The van der Waals surface area contributed by atoms with Gasteiger partial charge in [0.05, 0.1) is 5.57 Å². The highest BCUT2D eigenvalue weighted by atomic mass is 35.5. The van der Waals surface area contributed by atoms with E-state index in [-0.39, 0.29) is 18.1 Å². The van der Waals surface area contributed by atoms with Gasteiger partial charge in [-0.3, -0.25) is 14.9 Å². The molecule has 0 saturated carbocycles. The molecule has 1 aliphatic heterocycles. The van der Waals surface area contributed by atoms with Gasteiger partial charge in [0, 0.05) is 29.4 Å². The average molecular weight is 449 g/mol. The van der Waals surface area contributed by atoms with E-state index >= 15 is 0 Å². The number of nitrogens with zero attached hydrogens (tertiary/aromatic N) is 1. The Kier molecular flexibility index (Phi) is 6.37. The van der Waals surface area contributed by atoms with E-state index in [0.717, 1.165) is 28.1 Å². The van der Waals surface area contributed by atoms with Crippen molar-refractivity contribution in [3.63, 3.8) is 0 Å². The van der Waals surface area contributed by atoms with Crippen LogP contribution in [0.15, 0.2) is 78.5 Å². The maximum absolute atomic E-state index is 13.2. The number of para-hydroxylation sites is 1. The van der Waals surface area contributed by atoms with E-state index < -0.39 is 5.91 Å². The summed E-state index contributed by atoms with van der Waals surface area (Å²) < 4.78 is 13.1. The van der Waals surface area contributed by atoms with Crippen LogP contribution in [0.2, 0.25) is 5.02 Å². The van der Waals surface area contributed by atoms with Crippen LogP contribution in [0.25, 0.3) is 5.57 Å². The molecule has 162 valence electrons. The molecule has 3 aromatic carbocycles. The van der Waals surface area contributed by atoms with E-state index in [4.69, 9.17) is 11.6 Å². The smallest absolute Gasteiger partial charge is 0.260 e. The minimum Gasteiger partial charge on any atom is -0.340 e. The predicted octanol–water partition coefficient (Wildman–Crippen LogP) is 5.51. The molecule has 0 aromatic heterocycles. The minimum atomic E-state index is -0.462. The van der Waals surface area contributed by atoms with Gasteiger partial charge in [0.1, 0.15) is 5.82 Å². The molecule has 0 spiro atoms. The number of imide groups is 1. The molecule has 0 fully saturated rings. The molecule has 3 aromatic rings. The Balaban J connectivity index is 1.58. The van der Waals surface area contributed by atoms with Crippen LogP contribution in [0.1, 0.15) is 30.0 Å². The standard InChI is InChI=1S/C26H22ClFN2O2/c1-17-25(26(32)29-24(31)15-12-18-10-13-19(28)14-11-18)21-8-5-9-23(27)22(21)16-30(17)20-6-3-2-4-7-20/h2-11,13-14H,12,15-16H2,1H3,(H,29,31,32). The Morgan fingerprint density at radius 1 is 1.00 bits per heavy atom. The molecular weight excluding hydrogens is 427 g/mol. The first-order valence-electron chi connectivity index (χ1n) is 10.3. The van der Waals surface area contributed by atoms with Crippen LogP contribution < -0.4 is 10.2 Å². The highest BCUT2D eigenvalue weighted by Gasteiger charge is 2.29. The number of amides is 2. The van der Waals surface area contributed by atoms with Gasteiger partial charge < -0.3 is 4.90 Å². The second-order valence-corrected chi connectivity index (χ2v) is 8.06. The number of halogens is 2. The molecule has 1 aliphatic rings. The van der Waals surface area contributed by atoms with E-state index in [0.29, 0.717) is 23.6 Å². The van der Waals surface area contributed by atoms with E-state index in [1.165, 1.54) is 12.1 Å². The largest absolute Gasteiger partial charge is 0.340 e. The first-order valence-corrected chi connectivity index (χ1v) is 10.7. The van der Waals surface area contributed by atoms with Crippen molar-refractivity contribution in [2.75, 3.05) is 4.90 Å². The third kappa shape index (κ3) is 4.58. The molecule has 32 heavy (non-hydrogen) atoms. The van der Waals surface area contributed by atoms with Crippen molar-refractivity contribution in [1.82, 2.24) is 5.32 Å². The van der Waals surface area contributed by atoms with Crippen molar-refractivity contribution in [3.8, 4) is 0 Å². The predicted molar refractivity (Wildman–Crippen MR) is 125 cm³/mol. The highest BCUT2D eigenvalue weighted by molar-refractivity contribution is 6.33. The Bertz CT molecular complexity index is 1190. The third-order valence-electron chi connectivity index (χ3n) is 5.57. The number of allylic oxidation sites excluding steroid dienone is 1. The van der Waals surface area contributed by atoms with E-state index in [1.54, 1.807) is 24.3 Å². The number of aryl methyl sites for hydroxylation is 1. The first kappa shape index (κ1) is 21.8. The van der Waals surface area contributed by atoms with Gasteiger partial charge in [-0.05, 0) is 60.4 Å². The van der Waals surface area contributed by atoms with Crippen LogP contribution in [0.4, 0.5) is 10.1 Å². The lowest BCUT2D eigenvalue weighted by molar-refractivity contribution is -0.127. The first-order chi connectivity index (χ1) is 15.4. The van der Waals surface area contributed by atoms with Gasteiger partial charge in [0.2, 0.25) is 5.91 Å². The van der Waals surface area contributed by atoms with Gasteiger partial charge in [-0.15, -0.1) is 0 Å². The molecule has 4 rings (SSSR count). The lowest BCUT2D eigenvalue weighted by atomic mass is 9.92. The van der Waals surface area contributed by atoms with Gasteiger partial charge in [0.15, 0.2) is 0 Å². The summed E-state index contributed by atoms with van der Waals surface area (Å²) in [5.74, 6) is -1.18. The van der Waals surface area contributed by atoms with Crippen LogP contribution in [0.5, 0.6) is 0 Å². The van der Waals surface area contributed by atoms with Crippen molar-refractivity contribution in [2.45, 2.75) is 26.3 Å². The number of hydrogen-bond acceptors (Lipinski definition) is 3. The topological polar surface area (TPSA) is 49.4 Å². The molecule has 2 amide bonds. The summed E-state index contributed by atoms with van der Waals surface area (Å²) in [6.07, 6.45) is 0.532. The Labute approximate surface area is 191 Å². The summed E-state index contributed by atoms with van der Waals surface area (Å²) in [5.41, 5.74) is 4.50. The summed E-state index contributed by atoms with van der Waals surface area (Å²) >= 11 is 6.47. The van der Waals surface area contributed by atoms with Crippen LogP contribution in [0, 0.1) is 5.82 Å². The van der Waals surface area contributed by atoms with E-state index in [1.807, 2.05) is 48.2 Å². The fraction of sp³-hybridized carbons (Fsp3) is 0.154. The van der Waals surface area contributed by atoms with Crippen LogP contribution in [0.3, 0.4) is 0 Å². The van der Waals surface area contributed by atoms with Gasteiger partial charge in [-0.2, -0.15) is 0 Å². The number of carbonyl (C=O) groups is 2. The number of anilines is 1. The van der Waals surface area contributed by atoms with Gasteiger partial charge >= 0.3 is 0 Å². The lowest BCUT2D eigenvalue weighted by Gasteiger charge is -2.33. The highest BCUT2D eigenvalue weighted by Crippen LogP contribution is 2.37. The van der Waals surface area contributed by atoms with Crippen LogP contribution in [-0.4, -0.2) is 11.8 Å². The summed E-state index contributed by atoms with van der Waals surface area (Å²) in [4.78, 5) is 27.7.